The molecule has 0 atom stereocenters. The third-order valence-electron chi connectivity index (χ3n) is 3.70. The van der Waals surface area contributed by atoms with Crippen LogP contribution in [0.3, 0.4) is 0 Å². The number of carbonyl (C=O) groups is 1. The molecule has 3 aromatic rings. The van der Waals surface area contributed by atoms with Crippen LogP contribution in [-0.4, -0.2) is 19.3 Å². The first-order chi connectivity index (χ1) is 12.9. The van der Waals surface area contributed by atoms with Crippen molar-refractivity contribution in [3.63, 3.8) is 0 Å². The van der Waals surface area contributed by atoms with E-state index >= 15 is 0 Å². The number of amides is 1. The minimum Gasteiger partial charge on any atom is -0.348 e. The first kappa shape index (κ1) is 19.1. The van der Waals surface area contributed by atoms with E-state index in [0.29, 0.717) is 17.8 Å². The highest BCUT2D eigenvalue weighted by molar-refractivity contribution is 9.10. The topological polar surface area (TPSA) is 88.2 Å². The quantitative estimate of drug-likeness (QED) is 0.606. The molecule has 2 aromatic carbocycles. The second kappa shape index (κ2) is 8.32. The van der Waals surface area contributed by atoms with Gasteiger partial charge in [-0.1, -0.05) is 22.0 Å². The van der Waals surface area contributed by atoms with Gasteiger partial charge in [-0.25, -0.2) is 8.42 Å². The van der Waals surface area contributed by atoms with Gasteiger partial charge in [0.25, 0.3) is 15.9 Å². The molecule has 2 N–H and O–H groups in total. The van der Waals surface area contributed by atoms with Crippen LogP contribution in [0.15, 0.2) is 82.4 Å². The number of pyridine rings is 1. The van der Waals surface area contributed by atoms with E-state index in [4.69, 9.17) is 0 Å². The van der Waals surface area contributed by atoms with Crippen molar-refractivity contribution in [3.8, 4) is 0 Å². The zero-order valence-corrected chi connectivity index (χ0v) is 16.5. The van der Waals surface area contributed by atoms with Gasteiger partial charge in [-0.3, -0.25) is 14.5 Å². The smallest absolute Gasteiger partial charge is 0.261 e. The molecule has 0 fully saturated rings. The van der Waals surface area contributed by atoms with Crippen molar-refractivity contribution in [1.82, 2.24) is 10.3 Å². The molecule has 0 aliphatic rings. The van der Waals surface area contributed by atoms with Crippen molar-refractivity contribution in [1.29, 1.82) is 0 Å². The normalized spacial score (nSPS) is 11.0. The summed E-state index contributed by atoms with van der Waals surface area (Å²) < 4.78 is 28.2. The standard InChI is InChI=1S/C19H16BrN3O3S/c20-16-4-6-18(7-5-16)27(25,26)23-17-3-1-2-15(12-17)19(24)22-13-14-8-10-21-11-9-14/h1-12,23H,13H2,(H,22,24). The van der Waals surface area contributed by atoms with Crippen LogP contribution in [0.5, 0.6) is 0 Å². The minimum absolute atomic E-state index is 0.137. The predicted molar refractivity (Wildman–Crippen MR) is 107 cm³/mol. The van der Waals surface area contributed by atoms with Crippen LogP contribution in [0.25, 0.3) is 0 Å². The van der Waals surface area contributed by atoms with Crippen molar-refractivity contribution >= 4 is 37.5 Å². The number of halogens is 1. The molecule has 0 aliphatic carbocycles. The van der Waals surface area contributed by atoms with Crippen LogP contribution in [0.2, 0.25) is 0 Å². The Labute approximate surface area is 165 Å². The highest BCUT2D eigenvalue weighted by Gasteiger charge is 2.15. The number of nitrogens with zero attached hydrogens (tertiary/aromatic N) is 1. The Morgan fingerprint density at radius 1 is 1.00 bits per heavy atom. The van der Waals surface area contributed by atoms with Crippen molar-refractivity contribution in [2.45, 2.75) is 11.4 Å². The van der Waals surface area contributed by atoms with E-state index in [9.17, 15) is 13.2 Å². The first-order valence-electron chi connectivity index (χ1n) is 7.99. The van der Waals surface area contributed by atoms with Crippen molar-refractivity contribution in [3.05, 3.63) is 88.7 Å². The average Bonchev–Trinajstić information content (AvgIpc) is 2.67. The molecular weight excluding hydrogens is 430 g/mol. The molecule has 0 spiro atoms. The number of hydrogen-bond donors (Lipinski definition) is 2. The van der Waals surface area contributed by atoms with E-state index in [1.54, 1.807) is 42.7 Å². The van der Waals surface area contributed by atoms with Crippen LogP contribution >= 0.6 is 15.9 Å². The van der Waals surface area contributed by atoms with E-state index < -0.39 is 10.0 Å². The van der Waals surface area contributed by atoms with Gasteiger partial charge in [-0.15, -0.1) is 0 Å². The van der Waals surface area contributed by atoms with E-state index in [1.807, 2.05) is 12.1 Å². The first-order valence-corrected chi connectivity index (χ1v) is 10.3. The average molecular weight is 446 g/mol. The Morgan fingerprint density at radius 3 is 2.41 bits per heavy atom. The summed E-state index contributed by atoms with van der Waals surface area (Å²) in [6, 6.07) is 16.3. The Hall–Kier alpha value is -2.71. The molecular formula is C19H16BrN3O3S. The third-order valence-corrected chi connectivity index (χ3v) is 5.63. The molecule has 0 radical (unpaired) electrons. The Kier molecular flexibility index (Phi) is 5.88. The Morgan fingerprint density at radius 2 is 1.70 bits per heavy atom. The summed E-state index contributed by atoms with van der Waals surface area (Å²) in [5.41, 5.74) is 1.60. The number of hydrogen-bond acceptors (Lipinski definition) is 4. The van der Waals surface area contributed by atoms with Gasteiger partial charge in [0.2, 0.25) is 0 Å². The minimum atomic E-state index is -3.74. The highest BCUT2D eigenvalue weighted by Crippen LogP contribution is 2.19. The zero-order chi connectivity index (χ0) is 19.3. The number of nitrogens with one attached hydrogen (secondary N) is 2. The molecule has 27 heavy (non-hydrogen) atoms. The Bertz CT molecular complexity index is 1040. The van der Waals surface area contributed by atoms with E-state index in [-0.39, 0.29) is 10.8 Å². The van der Waals surface area contributed by atoms with E-state index in [0.717, 1.165) is 10.0 Å². The summed E-state index contributed by atoms with van der Waals surface area (Å²) in [6.45, 7) is 0.357. The molecule has 0 saturated heterocycles. The molecule has 1 amide bonds. The largest absolute Gasteiger partial charge is 0.348 e. The fraction of sp³-hybridized carbons (Fsp3) is 0.0526. The Balaban J connectivity index is 1.71. The summed E-state index contributed by atoms with van der Waals surface area (Å²) >= 11 is 3.27. The van der Waals surface area contributed by atoms with Gasteiger partial charge in [-0.05, 0) is 60.2 Å². The van der Waals surface area contributed by atoms with Gasteiger partial charge in [0.15, 0.2) is 0 Å². The van der Waals surface area contributed by atoms with E-state index in [1.165, 1.54) is 18.2 Å². The summed E-state index contributed by atoms with van der Waals surface area (Å²) in [7, 11) is -3.74. The summed E-state index contributed by atoms with van der Waals surface area (Å²) in [5.74, 6) is -0.295. The number of anilines is 1. The van der Waals surface area contributed by atoms with Crippen molar-refractivity contribution < 1.29 is 13.2 Å². The fourth-order valence-electron chi connectivity index (χ4n) is 2.34. The van der Waals surface area contributed by atoms with Gasteiger partial charge in [-0.2, -0.15) is 0 Å². The number of rotatable bonds is 6. The maximum atomic E-state index is 12.5. The molecule has 0 bridgehead atoms. The molecule has 3 rings (SSSR count). The lowest BCUT2D eigenvalue weighted by molar-refractivity contribution is 0.0951. The molecule has 1 aromatic heterocycles. The number of benzene rings is 2. The van der Waals surface area contributed by atoms with Crippen LogP contribution < -0.4 is 10.0 Å². The van der Waals surface area contributed by atoms with Crippen LogP contribution in [0.4, 0.5) is 5.69 Å². The van der Waals surface area contributed by atoms with Gasteiger partial charge in [0.1, 0.15) is 0 Å². The molecule has 1 heterocycles. The lowest BCUT2D eigenvalue weighted by Crippen LogP contribution is -2.23. The molecule has 0 aliphatic heterocycles. The monoisotopic (exact) mass is 445 g/mol. The molecule has 8 heteroatoms. The van der Waals surface area contributed by atoms with Crippen molar-refractivity contribution in [2.24, 2.45) is 0 Å². The van der Waals surface area contributed by atoms with Gasteiger partial charge in [0.05, 0.1) is 4.90 Å². The van der Waals surface area contributed by atoms with Gasteiger partial charge < -0.3 is 5.32 Å². The van der Waals surface area contributed by atoms with Crippen LogP contribution in [0, 0.1) is 0 Å². The molecule has 6 nitrogen and oxygen atoms in total. The lowest BCUT2D eigenvalue weighted by atomic mass is 10.2. The molecule has 138 valence electrons. The van der Waals surface area contributed by atoms with Gasteiger partial charge >= 0.3 is 0 Å². The lowest BCUT2D eigenvalue weighted by Gasteiger charge is -2.10. The second-order valence-electron chi connectivity index (χ2n) is 5.68. The van der Waals surface area contributed by atoms with Gasteiger partial charge in [0, 0.05) is 34.7 Å². The van der Waals surface area contributed by atoms with Crippen LogP contribution in [-0.2, 0) is 16.6 Å². The van der Waals surface area contributed by atoms with Crippen molar-refractivity contribution in [2.75, 3.05) is 4.72 Å². The van der Waals surface area contributed by atoms with Crippen LogP contribution in [0.1, 0.15) is 15.9 Å². The van der Waals surface area contributed by atoms with E-state index in [2.05, 4.69) is 31.0 Å². The maximum Gasteiger partial charge on any atom is 0.261 e. The number of sulfonamides is 1. The number of carbonyl (C=O) groups excluding carboxylic acids is 1. The summed E-state index contributed by atoms with van der Waals surface area (Å²) in [4.78, 5) is 16.4. The molecule has 0 unspecified atom stereocenters. The molecule has 0 saturated carbocycles. The summed E-state index contributed by atoms with van der Waals surface area (Å²) in [5, 5.41) is 2.79. The maximum absolute atomic E-state index is 12.5. The summed E-state index contributed by atoms with van der Waals surface area (Å²) in [6.07, 6.45) is 3.30. The zero-order valence-electron chi connectivity index (χ0n) is 14.1. The predicted octanol–water partition coefficient (Wildman–Crippen LogP) is 3.57. The fourth-order valence-corrected chi connectivity index (χ4v) is 3.65. The third kappa shape index (κ3) is 5.15. The second-order valence-corrected chi connectivity index (χ2v) is 8.28. The highest BCUT2D eigenvalue weighted by atomic mass is 79.9. The SMILES string of the molecule is O=C(NCc1ccncc1)c1cccc(NS(=O)(=O)c2ccc(Br)cc2)c1. The number of aromatic nitrogens is 1.